The summed E-state index contributed by atoms with van der Waals surface area (Å²) in [5, 5.41) is 1.13. The number of hydrogen-bond donors (Lipinski definition) is 0. The van der Waals surface area contributed by atoms with E-state index >= 15 is 0 Å². The number of halogens is 2. The van der Waals surface area contributed by atoms with Gasteiger partial charge in [-0.25, -0.2) is 0 Å². The number of hydrogen-bond acceptors (Lipinski definition) is 4. The number of nitrogens with zero attached hydrogens (tertiary/aromatic N) is 2. The van der Waals surface area contributed by atoms with Gasteiger partial charge in [0.1, 0.15) is 5.75 Å². The van der Waals surface area contributed by atoms with Gasteiger partial charge in [-0.3, -0.25) is 9.69 Å². The number of morpholine rings is 1. The Hall–Kier alpha value is -1.53. The monoisotopic (exact) mass is 424 g/mol. The number of rotatable bonds is 9. The highest BCUT2D eigenvalue weighted by Gasteiger charge is 2.09. The molecule has 0 unspecified atom stereocenters. The van der Waals surface area contributed by atoms with Crippen molar-refractivity contribution in [1.82, 2.24) is 9.47 Å². The largest absolute Gasteiger partial charge is 0.493 e. The number of unbranched alkanes of at least 4 members (excludes halogenated alkanes) is 2. The lowest BCUT2D eigenvalue weighted by atomic mass is 10.2. The molecule has 1 saturated heterocycles. The fraction of sp³-hybridized carbons (Fsp3) is 0.476. The summed E-state index contributed by atoms with van der Waals surface area (Å²) in [7, 11) is 0. The molecule has 2 aromatic rings. The van der Waals surface area contributed by atoms with Gasteiger partial charge in [0, 0.05) is 35.4 Å². The third-order valence-corrected chi connectivity index (χ3v) is 5.40. The zero-order valence-corrected chi connectivity index (χ0v) is 17.4. The van der Waals surface area contributed by atoms with E-state index in [-0.39, 0.29) is 5.56 Å². The topological polar surface area (TPSA) is 43.7 Å². The van der Waals surface area contributed by atoms with Gasteiger partial charge in [0.15, 0.2) is 0 Å². The molecule has 1 aromatic heterocycles. The Bertz CT molecular complexity index is 820. The zero-order valence-electron chi connectivity index (χ0n) is 15.9. The molecule has 0 radical (unpaired) electrons. The van der Waals surface area contributed by atoms with Crippen molar-refractivity contribution in [3.8, 4) is 5.75 Å². The van der Waals surface area contributed by atoms with E-state index in [1.54, 1.807) is 22.9 Å². The Labute approximate surface area is 175 Å². The molecule has 2 heterocycles. The molecule has 152 valence electrons. The number of aromatic nitrogens is 1. The Kier molecular flexibility index (Phi) is 8.22. The first-order valence-corrected chi connectivity index (χ1v) is 10.4. The SMILES string of the molecule is O=c1cc(OCCCCCN2CCOCC2)ccn1Cc1ccc(Cl)cc1Cl. The summed E-state index contributed by atoms with van der Waals surface area (Å²) in [4.78, 5) is 14.8. The fourth-order valence-electron chi connectivity index (χ4n) is 3.17. The van der Waals surface area contributed by atoms with Crippen molar-refractivity contribution in [3.63, 3.8) is 0 Å². The van der Waals surface area contributed by atoms with E-state index in [2.05, 4.69) is 4.90 Å². The molecular formula is C21H26Cl2N2O3. The smallest absolute Gasteiger partial charge is 0.254 e. The summed E-state index contributed by atoms with van der Waals surface area (Å²) in [6.45, 7) is 5.90. The standard InChI is InChI=1S/C21H26Cl2N2O3/c22-18-5-4-17(20(23)14-18)16-25-8-6-19(15-21(25)26)28-11-3-1-2-7-24-9-12-27-13-10-24/h4-6,8,14-15H,1-3,7,9-13,16H2. The summed E-state index contributed by atoms with van der Waals surface area (Å²) < 4.78 is 12.7. The van der Waals surface area contributed by atoms with Gasteiger partial charge in [-0.2, -0.15) is 0 Å². The molecular weight excluding hydrogens is 399 g/mol. The first kappa shape index (κ1) is 21.2. The van der Waals surface area contributed by atoms with Crippen LogP contribution in [0.4, 0.5) is 0 Å². The van der Waals surface area contributed by atoms with Crippen molar-refractivity contribution in [3.05, 3.63) is 62.5 Å². The van der Waals surface area contributed by atoms with E-state index in [4.69, 9.17) is 32.7 Å². The van der Waals surface area contributed by atoms with Crippen LogP contribution in [0.15, 0.2) is 41.3 Å². The third kappa shape index (κ3) is 6.52. The first-order valence-electron chi connectivity index (χ1n) is 9.69. The Balaban J connectivity index is 1.40. The molecule has 0 amide bonds. The molecule has 5 nitrogen and oxygen atoms in total. The maximum absolute atomic E-state index is 12.3. The molecule has 3 rings (SSSR count). The minimum absolute atomic E-state index is 0.115. The Morgan fingerprint density at radius 2 is 1.86 bits per heavy atom. The van der Waals surface area contributed by atoms with E-state index in [0.717, 1.165) is 57.7 Å². The van der Waals surface area contributed by atoms with Crippen LogP contribution in [-0.2, 0) is 11.3 Å². The lowest BCUT2D eigenvalue weighted by molar-refractivity contribution is 0.0370. The van der Waals surface area contributed by atoms with Crippen LogP contribution in [0, 0.1) is 0 Å². The van der Waals surface area contributed by atoms with Gasteiger partial charge in [0.05, 0.1) is 26.4 Å². The summed E-state index contributed by atoms with van der Waals surface area (Å²) in [5.41, 5.74) is 0.734. The molecule has 1 aliphatic heterocycles. The van der Waals surface area contributed by atoms with Gasteiger partial charge in [-0.05, 0) is 49.6 Å². The predicted molar refractivity (Wildman–Crippen MR) is 113 cm³/mol. The van der Waals surface area contributed by atoms with E-state index in [1.807, 2.05) is 12.1 Å². The molecule has 0 saturated carbocycles. The molecule has 1 fully saturated rings. The molecule has 28 heavy (non-hydrogen) atoms. The molecule has 0 spiro atoms. The van der Waals surface area contributed by atoms with Gasteiger partial charge >= 0.3 is 0 Å². The highest BCUT2D eigenvalue weighted by atomic mass is 35.5. The third-order valence-electron chi connectivity index (χ3n) is 4.81. The molecule has 1 aliphatic rings. The van der Waals surface area contributed by atoms with Crippen molar-refractivity contribution in [2.24, 2.45) is 0 Å². The maximum atomic E-state index is 12.3. The van der Waals surface area contributed by atoms with Crippen LogP contribution in [0.2, 0.25) is 10.0 Å². The Morgan fingerprint density at radius 3 is 2.61 bits per heavy atom. The number of ether oxygens (including phenoxy) is 2. The molecule has 0 aliphatic carbocycles. The average Bonchev–Trinajstić information content (AvgIpc) is 2.69. The Morgan fingerprint density at radius 1 is 1.04 bits per heavy atom. The minimum Gasteiger partial charge on any atom is -0.493 e. The van der Waals surface area contributed by atoms with Crippen LogP contribution in [0.1, 0.15) is 24.8 Å². The van der Waals surface area contributed by atoms with Crippen LogP contribution in [0.25, 0.3) is 0 Å². The number of benzene rings is 1. The molecule has 0 atom stereocenters. The highest BCUT2D eigenvalue weighted by molar-refractivity contribution is 6.35. The second-order valence-corrected chi connectivity index (χ2v) is 7.77. The molecule has 7 heteroatoms. The van der Waals surface area contributed by atoms with Crippen molar-refractivity contribution in [1.29, 1.82) is 0 Å². The van der Waals surface area contributed by atoms with Crippen LogP contribution in [-0.4, -0.2) is 48.9 Å². The summed E-state index contributed by atoms with van der Waals surface area (Å²) in [6.07, 6.45) is 4.99. The van der Waals surface area contributed by atoms with E-state index in [1.165, 1.54) is 6.07 Å². The summed E-state index contributed by atoms with van der Waals surface area (Å²) >= 11 is 12.1. The number of pyridine rings is 1. The normalized spacial score (nSPS) is 14.9. The molecule has 1 aromatic carbocycles. The second-order valence-electron chi connectivity index (χ2n) is 6.93. The lowest BCUT2D eigenvalue weighted by Gasteiger charge is -2.26. The minimum atomic E-state index is -0.115. The zero-order chi connectivity index (χ0) is 19.8. The maximum Gasteiger partial charge on any atom is 0.254 e. The summed E-state index contributed by atoms with van der Waals surface area (Å²) in [5.74, 6) is 0.608. The second kappa shape index (κ2) is 10.9. The van der Waals surface area contributed by atoms with E-state index in [0.29, 0.717) is 28.9 Å². The van der Waals surface area contributed by atoms with E-state index in [9.17, 15) is 4.79 Å². The van der Waals surface area contributed by atoms with Crippen molar-refractivity contribution in [2.75, 3.05) is 39.5 Å². The lowest BCUT2D eigenvalue weighted by Crippen LogP contribution is -2.36. The van der Waals surface area contributed by atoms with Crippen LogP contribution in [0.3, 0.4) is 0 Å². The van der Waals surface area contributed by atoms with Gasteiger partial charge in [0.25, 0.3) is 5.56 Å². The van der Waals surface area contributed by atoms with Crippen LogP contribution < -0.4 is 10.3 Å². The van der Waals surface area contributed by atoms with E-state index < -0.39 is 0 Å². The molecule has 0 bridgehead atoms. The van der Waals surface area contributed by atoms with Crippen molar-refractivity contribution in [2.45, 2.75) is 25.8 Å². The first-order chi connectivity index (χ1) is 13.6. The predicted octanol–water partition coefficient (Wildman–Crippen LogP) is 4.08. The average molecular weight is 425 g/mol. The summed E-state index contributed by atoms with van der Waals surface area (Å²) in [6, 6.07) is 8.62. The molecule has 0 N–H and O–H groups in total. The van der Waals surface area contributed by atoms with Crippen LogP contribution >= 0.6 is 23.2 Å². The van der Waals surface area contributed by atoms with Crippen LogP contribution in [0.5, 0.6) is 5.75 Å². The highest BCUT2D eigenvalue weighted by Crippen LogP contribution is 2.21. The van der Waals surface area contributed by atoms with Gasteiger partial charge < -0.3 is 14.0 Å². The van der Waals surface area contributed by atoms with Crippen molar-refractivity contribution >= 4 is 23.2 Å². The van der Waals surface area contributed by atoms with Gasteiger partial charge in [0.2, 0.25) is 0 Å². The quantitative estimate of drug-likeness (QED) is 0.568. The fourth-order valence-corrected chi connectivity index (χ4v) is 3.64. The van der Waals surface area contributed by atoms with Gasteiger partial charge in [-0.1, -0.05) is 29.3 Å². The van der Waals surface area contributed by atoms with Gasteiger partial charge in [-0.15, -0.1) is 0 Å². The van der Waals surface area contributed by atoms with Crippen molar-refractivity contribution < 1.29 is 9.47 Å².